The topological polar surface area (TPSA) is 41.9 Å². The molecule has 2 aliphatic rings. The Balaban J connectivity index is 1.63. The summed E-state index contributed by atoms with van der Waals surface area (Å²) in [6.07, 6.45) is 2.57. The Kier molecular flexibility index (Phi) is 4.55. The maximum absolute atomic E-state index is 10.6. The lowest BCUT2D eigenvalue weighted by Gasteiger charge is -2.42. The quantitative estimate of drug-likeness (QED) is 0.913. The second kappa shape index (κ2) is 6.57. The number of benzene rings is 1. The number of rotatable bonds is 3. The van der Waals surface area contributed by atoms with Crippen molar-refractivity contribution in [1.29, 1.82) is 0 Å². The van der Waals surface area contributed by atoms with Crippen molar-refractivity contribution in [2.75, 3.05) is 26.3 Å². The van der Waals surface area contributed by atoms with Crippen LogP contribution in [-0.2, 0) is 4.74 Å². The summed E-state index contributed by atoms with van der Waals surface area (Å²) in [5, 5.41) is 10.6. The summed E-state index contributed by atoms with van der Waals surface area (Å²) in [5.74, 6) is 0.846. The lowest BCUT2D eigenvalue weighted by molar-refractivity contribution is -0.0775. The number of aliphatic hydroxyl groups is 1. The van der Waals surface area contributed by atoms with Gasteiger partial charge in [0.25, 0.3) is 0 Å². The Morgan fingerprint density at radius 1 is 1.10 bits per heavy atom. The van der Waals surface area contributed by atoms with Crippen LogP contribution in [0.4, 0.5) is 0 Å². The first kappa shape index (κ1) is 13.9. The number of ether oxygens (including phenoxy) is 2. The van der Waals surface area contributed by atoms with Gasteiger partial charge in [-0.1, -0.05) is 18.2 Å². The Morgan fingerprint density at radius 2 is 1.85 bits per heavy atom. The highest BCUT2D eigenvalue weighted by atomic mass is 16.5. The Hall–Kier alpha value is -1.10. The summed E-state index contributed by atoms with van der Waals surface area (Å²) in [6.45, 7) is 3.38. The predicted molar refractivity (Wildman–Crippen MR) is 76.9 cm³/mol. The minimum Gasteiger partial charge on any atom is -0.488 e. The van der Waals surface area contributed by atoms with Gasteiger partial charge in [0.1, 0.15) is 18.0 Å². The van der Waals surface area contributed by atoms with Crippen molar-refractivity contribution in [2.24, 2.45) is 0 Å². The molecule has 20 heavy (non-hydrogen) atoms. The van der Waals surface area contributed by atoms with Gasteiger partial charge in [0.2, 0.25) is 0 Å². The molecule has 1 aromatic carbocycles. The SMILES string of the molecule is O[C@@H]1[C@@H](Oc2ccccc2)CCC[C@H]1N1CCOCC1. The van der Waals surface area contributed by atoms with Crippen LogP contribution in [0, 0.1) is 0 Å². The molecule has 1 saturated heterocycles. The third-order valence-electron chi connectivity index (χ3n) is 4.31. The van der Waals surface area contributed by atoms with Gasteiger partial charge in [-0.3, -0.25) is 4.90 Å². The van der Waals surface area contributed by atoms with Gasteiger partial charge in [-0.2, -0.15) is 0 Å². The smallest absolute Gasteiger partial charge is 0.126 e. The average molecular weight is 277 g/mol. The van der Waals surface area contributed by atoms with Crippen molar-refractivity contribution >= 4 is 0 Å². The molecule has 1 aromatic rings. The fourth-order valence-electron chi connectivity index (χ4n) is 3.23. The maximum Gasteiger partial charge on any atom is 0.126 e. The van der Waals surface area contributed by atoms with Crippen LogP contribution in [0.2, 0.25) is 0 Å². The second-order valence-electron chi connectivity index (χ2n) is 5.61. The zero-order valence-electron chi connectivity index (χ0n) is 11.8. The van der Waals surface area contributed by atoms with Gasteiger partial charge in [-0.25, -0.2) is 0 Å². The van der Waals surface area contributed by atoms with Crippen molar-refractivity contribution in [3.05, 3.63) is 30.3 Å². The van der Waals surface area contributed by atoms with Crippen LogP contribution < -0.4 is 4.74 Å². The molecule has 0 aromatic heterocycles. The fourth-order valence-corrected chi connectivity index (χ4v) is 3.23. The molecule has 1 saturated carbocycles. The zero-order chi connectivity index (χ0) is 13.8. The molecule has 1 N–H and O–H groups in total. The molecular formula is C16H23NO3. The number of para-hydroxylation sites is 1. The highest BCUT2D eigenvalue weighted by Crippen LogP contribution is 2.27. The molecule has 0 bridgehead atoms. The van der Waals surface area contributed by atoms with Crippen LogP contribution in [-0.4, -0.2) is 54.6 Å². The van der Waals surface area contributed by atoms with E-state index in [1.165, 1.54) is 0 Å². The second-order valence-corrected chi connectivity index (χ2v) is 5.61. The van der Waals surface area contributed by atoms with Gasteiger partial charge in [0, 0.05) is 19.1 Å². The minimum absolute atomic E-state index is 0.0982. The highest BCUT2D eigenvalue weighted by Gasteiger charge is 2.37. The molecule has 1 heterocycles. The van der Waals surface area contributed by atoms with Gasteiger partial charge in [-0.05, 0) is 31.4 Å². The lowest BCUT2D eigenvalue weighted by Crippen LogP contribution is -2.55. The van der Waals surface area contributed by atoms with Crippen molar-refractivity contribution in [3.63, 3.8) is 0 Å². The number of morpholine rings is 1. The number of hydrogen-bond acceptors (Lipinski definition) is 4. The Labute approximate surface area is 120 Å². The lowest BCUT2D eigenvalue weighted by atomic mass is 9.88. The molecule has 110 valence electrons. The Morgan fingerprint density at radius 3 is 2.60 bits per heavy atom. The summed E-state index contributed by atoms with van der Waals surface area (Å²) in [6, 6.07) is 10.0. The van der Waals surface area contributed by atoms with E-state index in [1.54, 1.807) is 0 Å². The van der Waals surface area contributed by atoms with Crippen LogP contribution in [0.25, 0.3) is 0 Å². The van der Waals surface area contributed by atoms with Gasteiger partial charge >= 0.3 is 0 Å². The number of hydrogen-bond donors (Lipinski definition) is 1. The molecule has 0 radical (unpaired) electrons. The van der Waals surface area contributed by atoms with E-state index in [-0.39, 0.29) is 12.1 Å². The van der Waals surface area contributed by atoms with Gasteiger partial charge in [-0.15, -0.1) is 0 Å². The minimum atomic E-state index is -0.415. The van der Waals surface area contributed by atoms with Crippen molar-refractivity contribution < 1.29 is 14.6 Å². The van der Waals surface area contributed by atoms with Crippen LogP contribution in [0.1, 0.15) is 19.3 Å². The van der Waals surface area contributed by atoms with Gasteiger partial charge in [0.05, 0.1) is 13.2 Å². The first-order chi connectivity index (χ1) is 9.84. The summed E-state index contributed by atoms with van der Waals surface area (Å²) < 4.78 is 11.4. The molecule has 2 fully saturated rings. The fraction of sp³-hybridized carbons (Fsp3) is 0.625. The summed E-state index contributed by atoms with van der Waals surface area (Å²) in [4.78, 5) is 2.36. The van der Waals surface area contributed by atoms with E-state index >= 15 is 0 Å². The van der Waals surface area contributed by atoms with Gasteiger partial charge in [0.15, 0.2) is 0 Å². The summed E-state index contributed by atoms with van der Waals surface area (Å²) in [7, 11) is 0. The molecule has 0 spiro atoms. The predicted octanol–water partition coefficient (Wildman–Crippen LogP) is 1.68. The number of aliphatic hydroxyl groups excluding tert-OH is 1. The summed E-state index contributed by atoms with van der Waals surface area (Å²) >= 11 is 0. The van der Waals surface area contributed by atoms with Crippen molar-refractivity contribution in [2.45, 2.75) is 37.5 Å². The number of nitrogens with zero attached hydrogens (tertiary/aromatic N) is 1. The maximum atomic E-state index is 10.6. The third kappa shape index (κ3) is 3.14. The van der Waals surface area contributed by atoms with Crippen LogP contribution in [0.15, 0.2) is 30.3 Å². The molecule has 1 aliphatic heterocycles. The standard InChI is InChI=1S/C16H23NO3/c18-16-14(17-9-11-19-12-10-17)7-4-8-15(16)20-13-5-2-1-3-6-13/h1-3,5-6,14-16,18H,4,7-12H2/t14-,15+,16+/m1/s1. The highest BCUT2D eigenvalue weighted by molar-refractivity contribution is 5.21. The Bertz CT molecular complexity index is 405. The van der Waals surface area contributed by atoms with Crippen LogP contribution in [0.5, 0.6) is 5.75 Å². The molecule has 3 rings (SSSR count). The first-order valence-corrected chi connectivity index (χ1v) is 7.56. The molecule has 0 amide bonds. The van der Waals surface area contributed by atoms with E-state index in [4.69, 9.17) is 9.47 Å². The normalized spacial score (nSPS) is 31.9. The molecule has 0 unspecified atom stereocenters. The summed E-state index contributed by atoms with van der Waals surface area (Å²) in [5.41, 5.74) is 0. The van der Waals surface area contributed by atoms with E-state index in [0.29, 0.717) is 0 Å². The van der Waals surface area contributed by atoms with Gasteiger partial charge < -0.3 is 14.6 Å². The molecule has 4 nitrogen and oxygen atoms in total. The van der Waals surface area contributed by atoms with E-state index in [0.717, 1.165) is 51.3 Å². The van der Waals surface area contributed by atoms with E-state index < -0.39 is 6.10 Å². The van der Waals surface area contributed by atoms with E-state index in [1.807, 2.05) is 30.3 Å². The largest absolute Gasteiger partial charge is 0.488 e. The third-order valence-corrected chi connectivity index (χ3v) is 4.31. The molecule has 3 atom stereocenters. The van der Waals surface area contributed by atoms with E-state index in [2.05, 4.69) is 4.90 Å². The first-order valence-electron chi connectivity index (χ1n) is 7.56. The average Bonchev–Trinajstić information content (AvgIpc) is 2.51. The zero-order valence-corrected chi connectivity index (χ0v) is 11.8. The monoisotopic (exact) mass is 277 g/mol. The van der Waals surface area contributed by atoms with Crippen LogP contribution >= 0.6 is 0 Å². The molecule has 1 aliphatic carbocycles. The molecule has 4 heteroatoms. The van der Waals surface area contributed by atoms with Crippen molar-refractivity contribution in [1.82, 2.24) is 4.90 Å². The van der Waals surface area contributed by atoms with Crippen molar-refractivity contribution in [3.8, 4) is 5.75 Å². The van der Waals surface area contributed by atoms with E-state index in [9.17, 15) is 5.11 Å². The molecular weight excluding hydrogens is 254 g/mol. The van der Waals surface area contributed by atoms with Crippen LogP contribution in [0.3, 0.4) is 0 Å².